The molecule has 2 atom stereocenters. The lowest BCUT2D eigenvalue weighted by Crippen LogP contribution is -2.51. The van der Waals surface area contributed by atoms with Crippen LogP contribution >= 0.6 is 0 Å². The molecule has 1 aromatic rings. The van der Waals surface area contributed by atoms with Crippen molar-refractivity contribution in [3.05, 3.63) is 24.0 Å². The molecule has 0 bridgehead atoms. The molecule has 3 N–H and O–H groups in total. The van der Waals surface area contributed by atoms with Gasteiger partial charge in [0.25, 0.3) is 0 Å². The average Bonchev–Trinajstić information content (AvgIpc) is 2.30. The van der Waals surface area contributed by atoms with Crippen LogP contribution in [0, 0.1) is 0 Å². The largest absolute Gasteiger partial charge is 0.398 e. The lowest BCUT2D eigenvalue weighted by atomic mass is 9.86. The molecule has 0 saturated carbocycles. The van der Waals surface area contributed by atoms with Gasteiger partial charge in [-0.2, -0.15) is 0 Å². The summed E-state index contributed by atoms with van der Waals surface area (Å²) in [6, 6.07) is 1.76. The summed E-state index contributed by atoms with van der Waals surface area (Å²) in [5, 5.41) is 10.4. The first kappa shape index (κ1) is 13.9. The number of anilines is 1. The third kappa shape index (κ3) is 2.96. The Hall–Kier alpha value is -1.13. The van der Waals surface area contributed by atoms with Crippen molar-refractivity contribution in [1.82, 2.24) is 9.88 Å². The van der Waals surface area contributed by atoms with Crippen LogP contribution in [-0.2, 0) is 6.42 Å². The normalized spacial score (nSPS) is 16.8. The van der Waals surface area contributed by atoms with E-state index in [1.54, 1.807) is 18.5 Å². The molecule has 0 aliphatic rings. The van der Waals surface area contributed by atoms with E-state index in [1.807, 2.05) is 14.1 Å². The fraction of sp³-hybridized carbons (Fsp3) is 0.615. The zero-order valence-corrected chi connectivity index (χ0v) is 11.1. The lowest BCUT2D eigenvalue weighted by molar-refractivity contribution is 0.00306. The molecule has 0 fully saturated rings. The first-order valence-electron chi connectivity index (χ1n) is 5.95. The van der Waals surface area contributed by atoms with Gasteiger partial charge >= 0.3 is 0 Å². The van der Waals surface area contributed by atoms with E-state index in [9.17, 15) is 5.11 Å². The van der Waals surface area contributed by atoms with Crippen molar-refractivity contribution in [2.45, 2.75) is 38.3 Å². The molecule has 4 heteroatoms. The highest BCUT2D eigenvalue weighted by molar-refractivity contribution is 5.44. The second kappa shape index (κ2) is 5.47. The molecular formula is C13H23N3O. The summed E-state index contributed by atoms with van der Waals surface area (Å²) in [6.07, 6.45) is 4.33. The molecule has 17 heavy (non-hydrogen) atoms. The van der Waals surface area contributed by atoms with Crippen molar-refractivity contribution >= 4 is 5.69 Å². The maximum atomic E-state index is 10.4. The molecule has 0 radical (unpaired) electrons. The highest BCUT2D eigenvalue weighted by atomic mass is 16.3. The second-order valence-corrected chi connectivity index (χ2v) is 4.90. The van der Waals surface area contributed by atoms with Gasteiger partial charge < -0.3 is 15.7 Å². The van der Waals surface area contributed by atoms with Gasteiger partial charge in [0.05, 0.1) is 6.10 Å². The van der Waals surface area contributed by atoms with Gasteiger partial charge in [0.2, 0.25) is 0 Å². The molecule has 1 aromatic heterocycles. The predicted molar refractivity (Wildman–Crippen MR) is 70.7 cm³/mol. The minimum Gasteiger partial charge on any atom is -0.398 e. The van der Waals surface area contributed by atoms with Crippen LogP contribution in [0.3, 0.4) is 0 Å². The Labute approximate surface area is 103 Å². The average molecular weight is 237 g/mol. The van der Waals surface area contributed by atoms with E-state index in [0.29, 0.717) is 12.1 Å². The first-order valence-corrected chi connectivity index (χ1v) is 5.95. The van der Waals surface area contributed by atoms with E-state index in [-0.39, 0.29) is 5.54 Å². The number of nitrogens with two attached hydrogens (primary N) is 1. The number of aromatic nitrogens is 1. The number of aliphatic hydroxyl groups is 1. The summed E-state index contributed by atoms with van der Waals surface area (Å²) in [7, 11) is 3.97. The van der Waals surface area contributed by atoms with Crippen molar-refractivity contribution in [2.75, 3.05) is 19.8 Å². The Balaban J connectivity index is 2.85. The summed E-state index contributed by atoms with van der Waals surface area (Å²) in [5.74, 6) is 0. The van der Waals surface area contributed by atoms with Gasteiger partial charge in [-0.1, -0.05) is 6.92 Å². The van der Waals surface area contributed by atoms with Crippen LogP contribution in [-0.4, -0.2) is 40.7 Å². The van der Waals surface area contributed by atoms with E-state index in [0.717, 1.165) is 12.0 Å². The molecule has 2 unspecified atom stereocenters. The van der Waals surface area contributed by atoms with Crippen molar-refractivity contribution in [3.63, 3.8) is 0 Å². The zero-order chi connectivity index (χ0) is 13.1. The number of pyridine rings is 1. The number of aliphatic hydroxyl groups excluding tert-OH is 1. The summed E-state index contributed by atoms with van der Waals surface area (Å²) in [4.78, 5) is 6.11. The van der Waals surface area contributed by atoms with E-state index in [2.05, 4.69) is 23.7 Å². The van der Waals surface area contributed by atoms with E-state index in [1.165, 1.54) is 0 Å². The molecule has 96 valence electrons. The maximum Gasteiger partial charge on any atom is 0.0762 e. The molecule has 0 aliphatic carbocycles. The number of likely N-dealkylation sites (N-methyl/N-ethyl adjacent to an activating group) is 1. The van der Waals surface area contributed by atoms with Crippen LogP contribution in [0.15, 0.2) is 18.5 Å². The fourth-order valence-electron chi connectivity index (χ4n) is 1.89. The summed E-state index contributed by atoms with van der Waals surface area (Å²) < 4.78 is 0. The van der Waals surface area contributed by atoms with Gasteiger partial charge in [-0.05, 0) is 39.1 Å². The lowest BCUT2D eigenvalue weighted by Gasteiger charge is -2.40. The van der Waals surface area contributed by atoms with Gasteiger partial charge in [-0.3, -0.25) is 4.98 Å². The molecule has 1 heterocycles. The minimum atomic E-state index is -0.464. The zero-order valence-electron chi connectivity index (χ0n) is 11.1. The molecule has 1 rings (SSSR count). The minimum absolute atomic E-state index is 0.248. The van der Waals surface area contributed by atoms with Crippen LogP contribution in [0.4, 0.5) is 5.69 Å². The van der Waals surface area contributed by atoms with Crippen LogP contribution in [0.25, 0.3) is 0 Å². The Morgan fingerprint density at radius 1 is 1.53 bits per heavy atom. The molecule has 0 aromatic carbocycles. The Bertz CT molecular complexity index is 367. The Morgan fingerprint density at radius 2 is 2.18 bits per heavy atom. The van der Waals surface area contributed by atoms with Crippen LogP contribution < -0.4 is 5.73 Å². The van der Waals surface area contributed by atoms with Crippen LogP contribution in [0.5, 0.6) is 0 Å². The predicted octanol–water partition coefficient (Wildman–Crippen LogP) is 1.30. The number of hydrogen-bond donors (Lipinski definition) is 2. The quantitative estimate of drug-likeness (QED) is 0.810. The molecular weight excluding hydrogens is 214 g/mol. The monoisotopic (exact) mass is 237 g/mol. The Kier molecular flexibility index (Phi) is 4.48. The van der Waals surface area contributed by atoms with Crippen molar-refractivity contribution in [3.8, 4) is 0 Å². The second-order valence-electron chi connectivity index (χ2n) is 4.90. The van der Waals surface area contributed by atoms with Gasteiger partial charge in [-0.25, -0.2) is 0 Å². The third-order valence-electron chi connectivity index (χ3n) is 3.81. The van der Waals surface area contributed by atoms with Gasteiger partial charge in [0.15, 0.2) is 0 Å². The number of hydrogen-bond acceptors (Lipinski definition) is 4. The fourth-order valence-corrected chi connectivity index (χ4v) is 1.89. The molecule has 0 amide bonds. The summed E-state index contributed by atoms with van der Waals surface area (Å²) in [5.41, 5.74) is 7.21. The maximum absolute atomic E-state index is 10.4. The molecule has 0 spiro atoms. The summed E-state index contributed by atoms with van der Waals surface area (Å²) >= 11 is 0. The van der Waals surface area contributed by atoms with E-state index < -0.39 is 6.10 Å². The molecule has 0 aliphatic heterocycles. The van der Waals surface area contributed by atoms with Gasteiger partial charge in [0.1, 0.15) is 0 Å². The van der Waals surface area contributed by atoms with Gasteiger partial charge in [0, 0.05) is 30.0 Å². The molecule has 4 nitrogen and oxygen atoms in total. The van der Waals surface area contributed by atoms with E-state index in [4.69, 9.17) is 5.73 Å². The highest BCUT2D eigenvalue weighted by Gasteiger charge is 2.33. The van der Waals surface area contributed by atoms with Crippen molar-refractivity contribution in [1.29, 1.82) is 0 Å². The number of rotatable bonds is 5. The summed E-state index contributed by atoms with van der Waals surface area (Å²) in [6.45, 7) is 4.14. The Morgan fingerprint density at radius 3 is 2.65 bits per heavy atom. The third-order valence-corrected chi connectivity index (χ3v) is 3.81. The topological polar surface area (TPSA) is 62.4 Å². The van der Waals surface area contributed by atoms with Crippen LogP contribution in [0.1, 0.15) is 25.8 Å². The van der Waals surface area contributed by atoms with Gasteiger partial charge in [-0.15, -0.1) is 0 Å². The molecule has 0 saturated heterocycles. The first-order chi connectivity index (χ1) is 7.91. The smallest absolute Gasteiger partial charge is 0.0762 e. The highest BCUT2D eigenvalue weighted by Crippen LogP contribution is 2.25. The van der Waals surface area contributed by atoms with Crippen molar-refractivity contribution in [2.24, 2.45) is 0 Å². The van der Waals surface area contributed by atoms with Crippen molar-refractivity contribution < 1.29 is 5.11 Å². The standard InChI is InChI=1S/C13H23N3O/c1-5-13(2,16(3)4)12(17)8-10-9-15-7-6-11(10)14/h6-7,9,12,17H,5,8H2,1-4H3,(H2,14,15). The van der Waals surface area contributed by atoms with Crippen LogP contribution in [0.2, 0.25) is 0 Å². The number of nitrogen functional groups attached to an aromatic ring is 1. The van der Waals surface area contributed by atoms with E-state index >= 15 is 0 Å². The number of nitrogens with zero attached hydrogens (tertiary/aromatic N) is 2. The SMILES string of the molecule is CCC(C)(C(O)Cc1cnccc1N)N(C)C.